The SMILES string of the molecule is c1cn(CCNCc2ccoc2)cn1. The molecule has 4 nitrogen and oxygen atoms in total. The molecule has 2 heterocycles. The van der Waals surface area contributed by atoms with Gasteiger partial charge in [-0.25, -0.2) is 4.98 Å². The molecule has 1 N–H and O–H groups in total. The molecule has 0 atom stereocenters. The van der Waals surface area contributed by atoms with E-state index in [0.717, 1.165) is 19.6 Å². The third-order valence-electron chi connectivity index (χ3n) is 2.02. The van der Waals surface area contributed by atoms with Gasteiger partial charge >= 0.3 is 0 Å². The van der Waals surface area contributed by atoms with Gasteiger partial charge in [0.25, 0.3) is 0 Å². The van der Waals surface area contributed by atoms with Gasteiger partial charge < -0.3 is 14.3 Å². The minimum Gasteiger partial charge on any atom is -0.472 e. The van der Waals surface area contributed by atoms with Gasteiger partial charge in [-0.05, 0) is 6.07 Å². The van der Waals surface area contributed by atoms with E-state index in [-0.39, 0.29) is 0 Å². The van der Waals surface area contributed by atoms with Crippen molar-refractivity contribution in [2.45, 2.75) is 13.1 Å². The fraction of sp³-hybridized carbons (Fsp3) is 0.300. The maximum absolute atomic E-state index is 4.96. The van der Waals surface area contributed by atoms with E-state index in [9.17, 15) is 0 Å². The molecule has 0 spiro atoms. The van der Waals surface area contributed by atoms with E-state index < -0.39 is 0 Å². The van der Waals surface area contributed by atoms with E-state index in [1.807, 2.05) is 23.2 Å². The summed E-state index contributed by atoms with van der Waals surface area (Å²) < 4.78 is 7.01. The molecule has 14 heavy (non-hydrogen) atoms. The second-order valence-electron chi connectivity index (χ2n) is 3.11. The van der Waals surface area contributed by atoms with E-state index in [0.29, 0.717) is 0 Å². The summed E-state index contributed by atoms with van der Waals surface area (Å²) in [6.07, 6.45) is 9.01. The van der Waals surface area contributed by atoms with Crippen LogP contribution in [-0.4, -0.2) is 16.1 Å². The maximum atomic E-state index is 4.96. The molecule has 2 rings (SSSR count). The summed E-state index contributed by atoms with van der Waals surface area (Å²) in [5.41, 5.74) is 1.18. The van der Waals surface area contributed by atoms with Gasteiger partial charge in [-0.1, -0.05) is 0 Å². The molecule has 0 aliphatic carbocycles. The van der Waals surface area contributed by atoms with Gasteiger partial charge in [0.1, 0.15) is 0 Å². The highest BCUT2D eigenvalue weighted by atomic mass is 16.3. The van der Waals surface area contributed by atoms with Crippen LogP contribution in [0.4, 0.5) is 0 Å². The summed E-state index contributed by atoms with van der Waals surface area (Å²) in [7, 11) is 0. The fourth-order valence-electron chi connectivity index (χ4n) is 1.25. The Balaban J connectivity index is 1.65. The molecule has 0 fully saturated rings. The quantitative estimate of drug-likeness (QED) is 0.724. The van der Waals surface area contributed by atoms with Crippen LogP contribution in [0.2, 0.25) is 0 Å². The Morgan fingerprint density at radius 3 is 3.21 bits per heavy atom. The average Bonchev–Trinajstić information content (AvgIpc) is 2.86. The van der Waals surface area contributed by atoms with Crippen molar-refractivity contribution in [1.82, 2.24) is 14.9 Å². The van der Waals surface area contributed by atoms with E-state index in [4.69, 9.17) is 4.42 Å². The fourth-order valence-corrected chi connectivity index (χ4v) is 1.25. The summed E-state index contributed by atoms with van der Waals surface area (Å²) in [5.74, 6) is 0. The highest BCUT2D eigenvalue weighted by molar-refractivity contribution is 5.04. The molecule has 0 aliphatic heterocycles. The number of rotatable bonds is 5. The van der Waals surface area contributed by atoms with E-state index in [1.165, 1.54) is 5.56 Å². The number of hydrogen-bond acceptors (Lipinski definition) is 3. The summed E-state index contributed by atoms with van der Waals surface area (Å²) >= 11 is 0. The first-order valence-corrected chi connectivity index (χ1v) is 4.63. The number of imidazole rings is 1. The van der Waals surface area contributed by atoms with Crippen LogP contribution in [0.25, 0.3) is 0 Å². The molecule has 0 bridgehead atoms. The molecular formula is C10H13N3O. The number of nitrogens with zero attached hydrogens (tertiary/aromatic N) is 2. The Kier molecular flexibility index (Phi) is 2.98. The average molecular weight is 191 g/mol. The predicted molar refractivity (Wildman–Crippen MR) is 52.6 cm³/mol. The van der Waals surface area contributed by atoms with Crippen molar-refractivity contribution in [2.24, 2.45) is 0 Å². The van der Waals surface area contributed by atoms with Gasteiger partial charge in [0.15, 0.2) is 0 Å². The van der Waals surface area contributed by atoms with Crippen molar-refractivity contribution < 1.29 is 4.42 Å². The van der Waals surface area contributed by atoms with Crippen molar-refractivity contribution >= 4 is 0 Å². The van der Waals surface area contributed by atoms with Crippen LogP contribution >= 0.6 is 0 Å². The topological polar surface area (TPSA) is 43.0 Å². The lowest BCUT2D eigenvalue weighted by atomic mass is 10.3. The molecule has 0 saturated carbocycles. The standard InChI is InChI=1S/C10H13N3O/c1-6-14-8-10(1)7-11-2-4-13-5-3-12-9-13/h1,3,5-6,8-9,11H,2,4,7H2. The van der Waals surface area contributed by atoms with Crippen LogP contribution in [0.3, 0.4) is 0 Å². The van der Waals surface area contributed by atoms with Crippen LogP contribution < -0.4 is 5.32 Å². The van der Waals surface area contributed by atoms with Gasteiger partial charge in [0, 0.05) is 37.6 Å². The van der Waals surface area contributed by atoms with Crippen molar-refractivity contribution in [3.63, 3.8) is 0 Å². The highest BCUT2D eigenvalue weighted by Gasteiger charge is 1.93. The zero-order chi connectivity index (χ0) is 9.64. The van der Waals surface area contributed by atoms with Crippen molar-refractivity contribution in [2.75, 3.05) is 6.54 Å². The Labute approximate surface area is 82.6 Å². The van der Waals surface area contributed by atoms with E-state index >= 15 is 0 Å². The zero-order valence-corrected chi connectivity index (χ0v) is 7.89. The highest BCUT2D eigenvalue weighted by Crippen LogP contribution is 1.98. The predicted octanol–water partition coefficient (Wildman–Crippen LogP) is 1.27. The Morgan fingerprint density at radius 2 is 2.50 bits per heavy atom. The minimum atomic E-state index is 0.852. The van der Waals surface area contributed by atoms with Crippen molar-refractivity contribution in [3.05, 3.63) is 42.9 Å². The molecule has 74 valence electrons. The largest absolute Gasteiger partial charge is 0.472 e. The van der Waals surface area contributed by atoms with E-state index in [2.05, 4.69) is 10.3 Å². The number of hydrogen-bond donors (Lipinski definition) is 1. The smallest absolute Gasteiger partial charge is 0.0947 e. The maximum Gasteiger partial charge on any atom is 0.0947 e. The van der Waals surface area contributed by atoms with Crippen LogP contribution in [-0.2, 0) is 13.1 Å². The molecule has 2 aromatic rings. The lowest BCUT2D eigenvalue weighted by Crippen LogP contribution is -2.18. The van der Waals surface area contributed by atoms with Crippen LogP contribution in [0.15, 0.2) is 41.7 Å². The summed E-state index contributed by atoms with van der Waals surface area (Å²) in [5, 5.41) is 3.32. The first kappa shape index (κ1) is 9.02. The summed E-state index contributed by atoms with van der Waals surface area (Å²) in [4.78, 5) is 3.97. The third-order valence-corrected chi connectivity index (χ3v) is 2.02. The number of nitrogens with one attached hydrogen (secondary N) is 1. The first-order valence-electron chi connectivity index (χ1n) is 4.63. The monoisotopic (exact) mass is 191 g/mol. The normalized spacial score (nSPS) is 10.6. The zero-order valence-electron chi connectivity index (χ0n) is 7.89. The second kappa shape index (κ2) is 4.62. The molecule has 0 amide bonds. The van der Waals surface area contributed by atoms with Gasteiger partial charge in [-0.2, -0.15) is 0 Å². The molecule has 2 aromatic heterocycles. The molecule has 0 saturated heterocycles. The molecule has 0 radical (unpaired) electrons. The molecule has 0 unspecified atom stereocenters. The Morgan fingerprint density at radius 1 is 1.50 bits per heavy atom. The van der Waals surface area contributed by atoms with Gasteiger partial charge in [-0.3, -0.25) is 0 Å². The van der Waals surface area contributed by atoms with Crippen LogP contribution in [0.5, 0.6) is 0 Å². The summed E-state index contributed by atoms with van der Waals surface area (Å²) in [6.45, 7) is 2.73. The number of aromatic nitrogens is 2. The lowest BCUT2D eigenvalue weighted by Gasteiger charge is -2.03. The molecule has 4 heteroatoms. The number of furan rings is 1. The van der Waals surface area contributed by atoms with Gasteiger partial charge in [0.2, 0.25) is 0 Å². The second-order valence-corrected chi connectivity index (χ2v) is 3.11. The van der Waals surface area contributed by atoms with Crippen LogP contribution in [0.1, 0.15) is 5.56 Å². The minimum absolute atomic E-state index is 0.852. The lowest BCUT2D eigenvalue weighted by molar-refractivity contribution is 0.556. The Hall–Kier alpha value is -1.55. The van der Waals surface area contributed by atoms with Crippen molar-refractivity contribution in [3.8, 4) is 0 Å². The molecule has 0 aromatic carbocycles. The van der Waals surface area contributed by atoms with E-state index in [1.54, 1.807) is 18.7 Å². The summed E-state index contributed by atoms with van der Waals surface area (Å²) in [6, 6.07) is 1.96. The van der Waals surface area contributed by atoms with Crippen molar-refractivity contribution in [1.29, 1.82) is 0 Å². The first-order chi connectivity index (χ1) is 6.95. The van der Waals surface area contributed by atoms with Gasteiger partial charge in [0.05, 0.1) is 18.9 Å². The van der Waals surface area contributed by atoms with Crippen LogP contribution in [0, 0.1) is 0 Å². The molecular weight excluding hydrogens is 178 g/mol. The Bertz CT molecular complexity index is 303. The third kappa shape index (κ3) is 2.47. The molecule has 0 aliphatic rings. The van der Waals surface area contributed by atoms with Gasteiger partial charge in [-0.15, -0.1) is 0 Å².